The monoisotopic (exact) mass is 415 g/mol. The van der Waals surface area contributed by atoms with Crippen molar-refractivity contribution in [2.24, 2.45) is 0 Å². The predicted molar refractivity (Wildman–Crippen MR) is 126 cm³/mol. The van der Waals surface area contributed by atoms with Gasteiger partial charge in [0.15, 0.2) is 0 Å². The fourth-order valence-corrected chi connectivity index (χ4v) is 4.27. The van der Waals surface area contributed by atoms with Crippen molar-refractivity contribution in [2.75, 3.05) is 19.6 Å². The topological polar surface area (TPSA) is 32.7 Å². The van der Waals surface area contributed by atoms with E-state index in [0.717, 1.165) is 57.5 Å². The molecule has 4 rings (SSSR count). The molecule has 3 heteroatoms. The van der Waals surface area contributed by atoms with Crippen LogP contribution in [0.3, 0.4) is 0 Å². The molecule has 0 aliphatic carbocycles. The summed E-state index contributed by atoms with van der Waals surface area (Å²) in [4.78, 5) is 2.48. The molecule has 0 saturated carbocycles. The Hall–Kier alpha value is -2.62. The lowest BCUT2D eigenvalue weighted by atomic mass is 10.0. The first-order chi connectivity index (χ1) is 15.3. The number of aliphatic hydroxyl groups is 1. The van der Waals surface area contributed by atoms with Gasteiger partial charge in [-0.3, -0.25) is 0 Å². The van der Waals surface area contributed by atoms with Gasteiger partial charge in [-0.25, -0.2) is 0 Å². The van der Waals surface area contributed by atoms with E-state index < -0.39 is 0 Å². The molecule has 1 aliphatic heterocycles. The minimum absolute atomic E-state index is 0.0958. The molecule has 162 valence electrons. The second-order valence-corrected chi connectivity index (χ2v) is 8.54. The van der Waals surface area contributed by atoms with Crippen LogP contribution in [0.2, 0.25) is 0 Å². The van der Waals surface area contributed by atoms with Crippen LogP contribution in [0.5, 0.6) is 5.75 Å². The average molecular weight is 416 g/mol. The van der Waals surface area contributed by atoms with Gasteiger partial charge in [-0.1, -0.05) is 66.7 Å². The van der Waals surface area contributed by atoms with Gasteiger partial charge in [-0.15, -0.1) is 0 Å². The van der Waals surface area contributed by atoms with Crippen molar-refractivity contribution in [3.63, 3.8) is 0 Å². The largest absolute Gasteiger partial charge is 0.489 e. The van der Waals surface area contributed by atoms with Crippen LogP contribution in [0.1, 0.15) is 41.5 Å². The van der Waals surface area contributed by atoms with E-state index in [-0.39, 0.29) is 6.10 Å². The standard InChI is InChI=1S/C28H33NO2/c30-27-16-19-29(20-17-27)18-6-11-25-9-4-5-10-26(25)22-31-28-14-12-24(13-15-28)21-23-7-2-1-3-8-23/h1-5,7-10,12-15,27,30H,6,11,16-22H2. The zero-order valence-electron chi connectivity index (χ0n) is 18.2. The number of rotatable bonds is 9. The summed E-state index contributed by atoms with van der Waals surface area (Å²) in [6.07, 6.45) is 4.88. The van der Waals surface area contributed by atoms with Crippen LogP contribution in [0, 0.1) is 0 Å². The summed E-state index contributed by atoms with van der Waals surface area (Å²) in [6.45, 7) is 3.74. The molecule has 0 atom stereocenters. The van der Waals surface area contributed by atoms with E-state index in [2.05, 4.69) is 83.8 Å². The molecule has 0 bridgehead atoms. The molecule has 0 spiro atoms. The number of aliphatic hydroxyl groups excluding tert-OH is 1. The Morgan fingerprint density at radius 1 is 0.774 bits per heavy atom. The van der Waals surface area contributed by atoms with Crippen molar-refractivity contribution in [2.45, 2.75) is 44.8 Å². The van der Waals surface area contributed by atoms with Crippen LogP contribution in [0.4, 0.5) is 0 Å². The molecule has 1 N–H and O–H groups in total. The lowest BCUT2D eigenvalue weighted by Crippen LogP contribution is -2.36. The third-order valence-electron chi connectivity index (χ3n) is 6.16. The fraction of sp³-hybridized carbons (Fsp3) is 0.357. The maximum Gasteiger partial charge on any atom is 0.119 e. The quantitative estimate of drug-likeness (QED) is 0.518. The average Bonchev–Trinajstić information content (AvgIpc) is 2.81. The highest BCUT2D eigenvalue weighted by Crippen LogP contribution is 2.19. The number of aryl methyl sites for hydroxylation is 1. The van der Waals surface area contributed by atoms with Crippen LogP contribution in [0.25, 0.3) is 0 Å². The lowest BCUT2D eigenvalue weighted by molar-refractivity contribution is 0.0821. The predicted octanol–water partition coefficient (Wildman–Crippen LogP) is 5.25. The first-order valence-corrected chi connectivity index (χ1v) is 11.5. The summed E-state index contributed by atoms with van der Waals surface area (Å²) in [5, 5.41) is 9.66. The summed E-state index contributed by atoms with van der Waals surface area (Å²) in [6, 6.07) is 27.6. The number of hydrogen-bond acceptors (Lipinski definition) is 3. The van der Waals surface area contributed by atoms with Gasteiger partial charge >= 0.3 is 0 Å². The van der Waals surface area contributed by atoms with Gasteiger partial charge < -0.3 is 14.7 Å². The number of hydrogen-bond donors (Lipinski definition) is 1. The summed E-state index contributed by atoms with van der Waals surface area (Å²) in [7, 11) is 0. The number of piperidine rings is 1. The third kappa shape index (κ3) is 6.68. The molecule has 0 radical (unpaired) electrons. The van der Waals surface area contributed by atoms with Crippen LogP contribution in [-0.2, 0) is 19.4 Å². The van der Waals surface area contributed by atoms with Crippen LogP contribution >= 0.6 is 0 Å². The Kier molecular flexibility index (Phi) is 7.76. The van der Waals surface area contributed by atoms with Gasteiger partial charge in [-0.2, -0.15) is 0 Å². The van der Waals surface area contributed by atoms with E-state index >= 15 is 0 Å². The number of likely N-dealkylation sites (tertiary alicyclic amines) is 1. The van der Waals surface area contributed by atoms with E-state index in [1.165, 1.54) is 22.3 Å². The number of ether oxygens (including phenoxy) is 1. The summed E-state index contributed by atoms with van der Waals surface area (Å²) >= 11 is 0. The van der Waals surface area contributed by atoms with Gasteiger partial charge in [-0.05, 0) is 73.0 Å². The Morgan fingerprint density at radius 3 is 2.16 bits per heavy atom. The number of nitrogens with zero attached hydrogens (tertiary/aromatic N) is 1. The first kappa shape index (κ1) is 21.6. The molecule has 1 saturated heterocycles. The van der Waals surface area contributed by atoms with Crippen molar-refractivity contribution >= 4 is 0 Å². The zero-order valence-corrected chi connectivity index (χ0v) is 18.2. The molecule has 3 aromatic carbocycles. The van der Waals surface area contributed by atoms with Crippen molar-refractivity contribution < 1.29 is 9.84 Å². The molecule has 1 aliphatic rings. The van der Waals surface area contributed by atoms with Gasteiger partial charge in [0.2, 0.25) is 0 Å². The molecule has 3 nitrogen and oxygen atoms in total. The van der Waals surface area contributed by atoms with Crippen LogP contribution in [0.15, 0.2) is 78.9 Å². The summed E-state index contributed by atoms with van der Waals surface area (Å²) in [5.74, 6) is 0.915. The Labute approximate surface area is 186 Å². The molecular formula is C28H33NO2. The van der Waals surface area contributed by atoms with Crippen LogP contribution < -0.4 is 4.74 Å². The van der Waals surface area contributed by atoms with E-state index in [4.69, 9.17) is 4.74 Å². The van der Waals surface area contributed by atoms with Crippen molar-refractivity contribution in [1.82, 2.24) is 4.90 Å². The minimum atomic E-state index is -0.0958. The highest BCUT2D eigenvalue weighted by molar-refractivity contribution is 5.32. The van der Waals surface area contributed by atoms with Crippen LogP contribution in [-0.4, -0.2) is 35.7 Å². The number of benzene rings is 3. The van der Waals surface area contributed by atoms with Gasteiger partial charge in [0.05, 0.1) is 6.10 Å². The van der Waals surface area contributed by atoms with E-state index in [1.54, 1.807) is 0 Å². The molecule has 1 heterocycles. The summed E-state index contributed by atoms with van der Waals surface area (Å²) in [5.41, 5.74) is 5.26. The van der Waals surface area contributed by atoms with Crippen molar-refractivity contribution in [3.8, 4) is 5.75 Å². The highest BCUT2D eigenvalue weighted by atomic mass is 16.5. The van der Waals surface area contributed by atoms with Gasteiger partial charge in [0, 0.05) is 13.1 Å². The molecular weight excluding hydrogens is 382 g/mol. The Bertz CT molecular complexity index is 915. The van der Waals surface area contributed by atoms with E-state index in [0.29, 0.717) is 6.61 Å². The first-order valence-electron chi connectivity index (χ1n) is 11.5. The molecule has 1 fully saturated rings. The van der Waals surface area contributed by atoms with E-state index in [9.17, 15) is 5.11 Å². The minimum Gasteiger partial charge on any atom is -0.489 e. The van der Waals surface area contributed by atoms with Crippen molar-refractivity contribution in [3.05, 3.63) is 101 Å². The maximum atomic E-state index is 9.66. The lowest BCUT2D eigenvalue weighted by Gasteiger charge is -2.29. The second-order valence-electron chi connectivity index (χ2n) is 8.54. The van der Waals surface area contributed by atoms with E-state index in [1.807, 2.05) is 0 Å². The molecule has 3 aromatic rings. The molecule has 0 amide bonds. The second kappa shape index (κ2) is 11.1. The SMILES string of the molecule is OC1CCN(CCCc2ccccc2COc2ccc(Cc3ccccc3)cc2)CC1. The summed E-state index contributed by atoms with van der Waals surface area (Å²) < 4.78 is 6.11. The third-order valence-corrected chi connectivity index (χ3v) is 6.16. The highest BCUT2D eigenvalue weighted by Gasteiger charge is 2.16. The fourth-order valence-electron chi connectivity index (χ4n) is 4.27. The smallest absolute Gasteiger partial charge is 0.119 e. The zero-order chi connectivity index (χ0) is 21.3. The van der Waals surface area contributed by atoms with Gasteiger partial charge in [0.25, 0.3) is 0 Å². The van der Waals surface area contributed by atoms with Gasteiger partial charge in [0.1, 0.15) is 12.4 Å². The maximum absolute atomic E-state index is 9.66. The molecule has 0 unspecified atom stereocenters. The Morgan fingerprint density at radius 2 is 1.42 bits per heavy atom. The molecule has 0 aromatic heterocycles. The molecule has 31 heavy (non-hydrogen) atoms. The normalized spacial score (nSPS) is 15.1. The van der Waals surface area contributed by atoms with Crippen molar-refractivity contribution in [1.29, 1.82) is 0 Å². The Balaban J connectivity index is 1.26.